The van der Waals surface area contributed by atoms with Gasteiger partial charge in [-0.3, -0.25) is 9.59 Å². The van der Waals surface area contributed by atoms with Crippen molar-refractivity contribution in [3.8, 4) is 22.8 Å². The second-order valence-corrected chi connectivity index (χ2v) is 8.55. The van der Waals surface area contributed by atoms with Gasteiger partial charge in [-0.05, 0) is 56.2 Å². The molecule has 0 bridgehead atoms. The number of benzene rings is 3. The Morgan fingerprint density at radius 3 is 2.36 bits per heavy atom. The fraction of sp³-hybridized carbons (Fsp3) is 0.250. The summed E-state index contributed by atoms with van der Waals surface area (Å²) < 4.78 is 12.5. The number of nitrogens with zero attached hydrogens (tertiary/aromatic N) is 2. The van der Waals surface area contributed by atoms with Gasteiger partial charge in [0.25, 0.3) is 5.56 Å². The SMILES string of the molecule is CCOc1ccc(CCNC(=O)Cn2nc(-c3ccc(Cl)cc3)c3ccccc3c2=O)cc1OCC. The zero-order valence-electron chi connectivity index (χ0n) is 20.3. The number of carbonyl (C=O) groups excluding carboxylic acids is 1. The molecule has 0 spiro atoms. The lowest BCUT2D eigenvalue weighted by Crippen LogP contribution is -2.35. The van der Waals surface area contributed by atoms with Crippen molar-refractivity contribution in [2.24, 2.45) is 0 Å². The highest BCUT2D eigenvalue weighted by atomic mass is 35.5. The molecule has 0 fully saturated rings. The Labute approximate surface area is 214 Å². The molecule has 1 aromatic heterocycles. The first-order valence-corrected chi connectivity index (χ1v) is 12.3. The second-order valence-electron chi connectivity index (χ2n) is 8.11. The van der Waals surface area contributed by atoms with E-state index >= 15 is 0 Å². The van der Waals surface area contributed by atoms with Crippen LogP contribution >= 0.6 is 11.6 Å². The van der Waals surface area contributed by atoms with E-state index in [2.05, 4.69) is 10.4 Å². The number of nitrogens with one attached hydrogen (secondary N) is 1. The molecule has 0 aliphatic heterocycles. The van der Waals surface area contributed by atoms with Gasteiger partial charge in [-0.1, -0.05) is 48.0 Å². The van der Waals surface area contributed by atoms with Crippen LogP contribution < -0.4 is 20.3 Å². The number of amides is 1. The summed E-state index contributed by atoms with van der Waals surface area (Å²) in [7, 11) is 0. The molecular formula is C28H28ClN3O4. The van der Waals surface area contributed by atoms with Crippen molar-refractivity contribution >= 4 is 28.3 Å². The van der Waals surface area contributed by atoms with Crippen LogP contribution in [0.15, 0.2) is 71.5 Å². The Morgan fingerprint density at radius 1 is 0.944 bits per heavy atom. The highest BCUT2D eigenvalue weighted by Gasteiger charge is 2.14. The van der Waals surface area contributed by atoms with Gasteiger partial charge in [0.2, 0.25) is 5.91 Å². The van der Waals surface area contributed by atoms with Crippen LogP contribution in [-0.2, 0) is 17.8 Å². The van der Waals surface area contributed by atoms with Crippen LogP contribution in [0.3, 0.4) is 0 Å². The Hall–Kier alpha value is -3.84. The lowest BCUT2D eigenvalue weighted by atomic mass is 10.1. The van der Waals surface area contributed by atoms with Gasteiger partial charge < -0.3 is 14.8 Å². The minimum atomic E-state index is -0.314. The summed E-state index contributed by atoms with van der Waals surface area (Å²) in [5.74, 6) is 1.09. The lowest BCUT2D eigenvalue weighted by Gasteiger charge is -2.13. The number of aromatic nitrogens is 2. The summed E-state index contributed by atoms with van der Waals surface area (Å²) >= 11 is 6.04. The fourth-order valence-corrected chi connectivity index (χ4v) is 4.08. The van der Waals surface area contributed by atoms with E-state index < -0.39 is 0 Å². The van der Waals surface area contributed by atoms with Crippen molar-refractivity contribution in [2.75, 3.05) is 19.8 Å². The van der Waals surface area contributed by atoms with Crippen LogP contribution in [0.25, 0.3) is 22.0 Å². The maximum Gasteiger partial charge on any atom is 0.275 e. The average Bonchev–Trinajstić information content (AvgIpc) is 2.88. The third-order valence-electron chi connectivity index (χ3n) is 5.62. The number of fused-ring (bicyclic) bond motifs is 1. The maximum absolute atomic E-state index is 13.1. The topological polar surface area (TPSA) is 82.5 Å². The molecule has 36 heavy (non-hydrogen) atoms. The summed E-state index contributed by atoms with van der Waals surface area (Å²) in [4.78, 5) is 25.8. The van der Waals surface area contributed by atoms with Gasteiger partial charge in [0, 0.05) is 22.5 Å². The number of ether oxygens (including phenoxy) is 2. The second kappa shape index (κ2) is 11.7. The van der Waals surface area contributed by atoms with Crippen LogP contribution in [-0.4, -0.2) is 35.4 Å². The quantitative estimate of drug-likeness (QED) is 0.332. The number of hydrogen-bond acceptors (Lipinski definition) is 5. The van der Waals surface area contributed by atoms with Gasteiger partial charge >= 0.3 is 0 Å². The molecule has 0 atom stereocenters. The highest BCUT2D eigenvalue weighted by Crippen LogP contribution is 2.29. The summed E-state index contributed by atoms with van der Waals surface area (Å²) in [5, 5.41) is 9.26. The molecule has 0 aliphatic carbocycles. The first-order valence-electron chi connectivity index (χ1n) is 11.9. The predicted molar refractivity (Wildman–Crippen MR) is 142 cm³/mol. The van der Waals surface area contributed by atoms with Crippen LogP contribution in [0.2, 0.25) is 5.02 Å². The molecule has 1 N–H and O–H groups in total. The Kier molecular flexibility index (Phi) is 8.23. The molecule has 186 valence electrons. The standard InChI is InChI=1S/C28H28ClN3O4/c1-3-35-24-14-9-19(17-25(24)36-4-2)15-16-30-26(33)18-32-28(34)23-8-6-5-7-22(23)27(31-32)20-10-12-21(29)13-11-20/h5-14,17H,3-4,15-16,18H2,1-2H3,(H,30,33). The number of carbonyl (C=O) groups is 1. The fourth-order valence-electron chi connectivity index (χ4n) is 3.95. The molecule has 0 radical (unpaired) electrons. The molecule has 0 saturated heterocycles. The minimum absolute atomic E-state index is 0.183. The van der Waals surface area contributed by atoms with E-state index in [1.54, 1.807) is 24.3 Å². The number of rotatable bonds is 10. The molecule has 0 unspecified atom stereocenters. The lowest BCUT2D eigenvalue weighted by molar-refractivity contribution is -0.121. The van der Waals surface area contributed by atoms with Crippen LogP contribution in [0.4, 0.5) is 0 Å². The first-order chi connectivity index (χ1) is 17.5. The number of hydrogen-bond donors (Lipinski definition) is 1. The molecule has 3 aromatic carbocycles. The van der Waals surface area contributed by atoms with Gasteiger partial charge in [-0.2, -0.15) is 5.10 Å². The van der Waals surface area contributed by atoms with Crippen LogP contribution in [0.1, 0.15) is 19.4 Å². The predicted octanol–water partition coefficient (Wildman–Crippen LogP) is 4.87. The number of halogens is 1. The van der Waals surface area contributed by atoms with E-state index in [1.807, 2.05) is 56.3 Å². The molecule has 8 heteroatoms. The molecule has 1 heterocycles. The Bertz CT molecular complexity index is 1420. The van der Waals surface area contributed by atoms with Crippen LogP contribution in [0.5, 0.6) is 11.5 Å². The van der Waals surface area contributed by atoms with Crippen molar-refractivity contribution in [3.63, 3.8) is 0 Å². The summed E-state index contributed by atoms with van der Waals surface area (Å²) in [6.45, 7) is 5.16. The summed E-state index contributed by atoms with van der Waals surface area (Å²) in [5.41, 5.74) is 2.12. The molecule has 4 rings (SSSR count). The van der Waals surface area contributed by atoms with Crippen LogP contribution in [0, 0.1) is 0 Å². The van der Waals surface area contributed by atoms with Gasteiger partial charge in [-0.15, -0.1) is 0 Å². The molecular weight excluding hydrogens is 478 g/mol. The third-order valence-corrected chi connectivity index (χ3v) is 5.87. The Balaban J connectivity index is 1.49. The normalized spacial score (nSPS) is 10.9. The average molecular weight is 506 g/mol. The zero-order chi connectivity index (χ0) is 25.5. The van der Waals surface area contributed by atoms with Gasteiger partial charge in [0.15, 0.2) is 11.5 Å². The third kappa shape index (κ3) is 5.86. The molecule has 7 nitrogen and oxygen atoms in total. The van der Waals surface area contributed by atoms with E-state index in [4.69, 9.17) is 21.1 Å². The Morgan fingerprint density at radius 2 is 1.64 bits per heavy atom. The van der Waals surface area contributed by atoms with Crippen molar-refractivity contribution in [2.45, 2.75) is 26.8 Å². The summed E-state index contributed by atoms with van der Waals surface area (Å²) in [6, 6.07) is 20.2. The largest absolute Gasteiger partial charge is 0.490 e. The highest BCUT2D eigenvalue weighted by molar-refractivity contribution is 6.30. The van der Waals surface area contributed by atoms with E-state index in [9.17, 15) is 9.59 Å². The van der Waals surface area contributed by atoms with E-state index in [0.29, 0.717) is 53.8 Å². The minimum Gasteiger partial charge on any atom is -0.490 e. The van der Waals surface area contributed by atoms with Crippen molar-refractivity contribution < 1.29 is 14.3 Å². The van der Waals surface area contributed by atoms with Gasteiger partial charge in [-0.25, -0.2) is 4.68 Å². The van der Waals surface area contributed by atoms with Gasteiger partial charge in [0.05, 0.1) is 24.3 Å². The van der Waals surface area contributed by atoms with E-state index in [0.717, 1.165) is 16.5 Å². The van der Waals surface area contributed by atoms with Crippen molar-refractivity contribution in [1.29, 1.82) is 0 Å². The molecule has 1 amide bonds. The molecule has 0 aliphatic rings. The van der Waals surface area contributed by atoms with Crippen molar-refractivity contribution in [1.82, 2.24) is 15.1 Å². The maximum atomic E-state index is 13.1. The van der Waals surface area contributed by atoms with Gasteiger partial charge in [0.1, 0.15) is 6.54 Å². The monoisotopic (exact) mass is 505 g/mol. The molecule has 4 aromatic rings. The first kappa shape index (κ1) is 25.3. The van der Waals surface area contributed by atoms with Crippen molar-refractivity contribution in [3.05, 3.63) is 87.7 Å². The van der Waals surface area contributed by atoms with E-state index in [-0.39, 0.29) is 18.0 Å². The molecule has 0 saturated carbocycles. The zero-order valence-corrected chi connectivity index (χ0v) is 21.0. The summed E-state index contributed by atoms with van der Waals surface area (Å²) in [6.07, 6.45) is 0.605. The smallest absolute Gasteiger partial charge is 0.275 e. The van der Waals surface area contributed by atoms with E-state index in [1.165, 1.54) is 4.68 Å².